The van der Waals surface area contributed by atoms with Crippen molar-refractivity contribution in [3.05, 3.63) is 36.6 Å². The Balaban J connectivity index is 1.19. The van der Waals surface area contributed by atoms with Crippen LogP contribution in [0.5, 0.6) is 0 Å². The van der Waals surface area contributed by atoms with Crippen LogP contribution in [0.15, 0.2) is 36.6 Å². The first kappa shape index (κ1) is 36.7. The van der Waals surface area contributed by atoms with E-state index in [1.807, 2.05) is 0 Å². The van der Waals surface area contributed by atoms with Crippen LogP contribution in [-0.2, 0) is 45.8 Å². The number of carbonyl (C=O) groups is 1. The second-order valence-corrected chi connectivity index (χ2v) is 14.8. The molecule has 2 fully saturated rings. The maximum Gasteiger partial charge on any atom is 0.481 e. The summed E-state index contributed by atoms with van der Waals surface area (Å²) in [7, 11) is -16.2. The Bertz CT molecular complexity index is 1740. The third-order valence-corrected chi connectivity index (χ3v) is 10.4. The summed E-state index contributed by atoms with van der Waals surface area (Å²) >= 11 is 0. The van der Waals surface area contributed by atoms with E-state index in [-0.39, 0.29) is 29.1 Å². The number of primary amides is 1. The SMILES string of the molecule is NC(=O)C1=CC=C[NH+](C2OC(COP(=O)(O)OP(=O)(O)OCC3OC(n4cnc5c(N)ncnc54)C(OP(=O)(O)O)C3O)C(O)C2O)C1. The summed E-state index contributed by atoms with van der Waals surface area (Å²) in [4.78, 5) is 62.6. The average molecular weight is 746 g/mol. The Morgan fingerprint density at radius 1 is 0.979 bits per heavy atom. The van der Waals surface area contributed by atoms with E-state index in [9.17, 15) is 53.4 Å². The lowest BCUT2D eigenvalue weighted by molar-refractivity contribution is -0.898. The van der Waals surface area contributed by atoms with Crippen molar-refractivity contribution in [2.24, 2.45) is 5.73 Å². The molecule has 11 atom stereocenters. The molecule has 0 spiro atoms. The van der Waals surface area contributed by atoms with Crippen LogP contribution in [0.2, 0.25) is 0 Å². The fraction of sp³-hybridized carbons (Fsp3) is 0.524. The first-order valence-corrected chi connectivity index (χ1v) is 18.1. The van der Waals surface area contributed by atoms with Gasteiger partial charge in [0.05, 0.1) is 31.3 Å². The molecular formula is C21H31N7O17P3+. The van der Waals surface area contributed by atoms with Crippen molar-refractivity contribution in [1.82, 2.24) is 19.5 Å². The second-order valence-electron chi connectivity index (χ2n) is 10.6. The molecule has 0 aliphatic carbocycles. The number of amides is 1. The lowest BCUT2D eigenvalue weighted by Crippen LogP contribution is -3.13. The molecule has 2 aromatic heterocycles. The number of carbonyl (C=O) groups excluding carboxylic acids is 1. The number of nitrogens with two attached hydrogens (primary N) is 2. The van der Waals surface area contributed by atoms with Crippen molar-refractivity contribution in [1.29, 1.82) is 0 Å². The predicted molar refractivity (Wildman–Crippen MR) is 152 cm³/mol. The summed E-state index contributed by atoms with van der Waals surface area (Å²) in [5, 5.41) is 31.6. The Kier molecular flexibility index (Phi) is 10.7. The predicted octanol–water partition coefficient (Wildman–Crippen LogP) is -4.33. The van der Waals surface area contributed by atoms with Crippen molar-refractivity contribution in [3.63, 3.8) is 0 Å². The van der Waals surface area contributed by atoms with Gasteiger partial charge in [0.25, 0.3) is 0 Å². The van der Waals surface area contributed by atoms with E-state index >= 15 is 0 Å². The van der Waals surface area contributed by atoms with E-state index in [1.54, 1.807) is 0 Å². The van der Waals surface area contributed by atoms with Gasteiger partial charge in [-0.3, -0.25) is 27.8 Å². The molecule has 0 saturated carbocycles. The molecule has 0 aromatic carbocycles. The van der Waals surface area contributed by atoms with Crippen molar-refractivity contribution in [3.8, 4) is 0 Å². The summed E-state index contributed by atoms with van der Waals surface area (Å²) in [5.41, 5.74) is 11.3. The highest BCUT2D eigenvalue weighted by Crippen LogP contribution is 2.61. The van der Waals surface area contributed by atoms with Crippen LogP contribution >= 0.6 is 23.5 Å². The molecule has 2 aromatic rings. The van der Waals surface area contributed by atoms with E-state index < -0.39 is 91.7 Å². The molecule has 24 nitrogen and oxygen atoms in total. The minimum atomic E-state index is -5.51. The van der Waals surface area contributed by atoms with Gasteiger partial charge >= 0.3 is 23.5 Å². The second kappa shape index (κ2) is 14.0. The van der Waals surface area contributed by atoms with E-state index in [1.165, 1.54) is 18.4 Å². The zero-order chi connectivity index (χ0) is 35.2. The van der Waals surface area contributed by atoms with Gasteiger partial charge in [-0.05, 0) is 12.2 Å². The summed E-state index contributed by atoms with van der Waals surface area (Å²) in [6, 6.07) is 0. The lowest BCUT2D eigenvalue weighted by Gasteiger charge is -2.25. The van der Waals surface area contributed by atoms with Gasteiger partial charge in [0.1, 0.15) is 48.9 Å². The van der Waals surface area contributed by atoms with E-state index in [4.69, 9.17) is 34.5 Å². The smallest absolute Gasteiger partial charge is 0.387 e. The van der Waals surface area contributed by atoms with Gasteiger partial charge in [-0.2, -0.15) is 4.31 Å². The fourth-order valence-corrected chi connectivity index (χ4v) is 7.74. The molecule has 11 unspecified atom stereocenters. The minimum Gasteiger partial charge on any atom is -0.387 e. The zero-order valence-electron chi connectivity index (χ0n) is 24.1. The number of imidazole rings is 1. The molecular weight excluding hydrogens is 715 g/mol. The number of aliphatic hydroxyl groups is 3. The summed E-state index contributed by atoms with van der Waals surface area (Å²) < 4.78 is 67.3. The molecule has 5 rings (SSSR count). The first-order valence-electron chi connectivity index (χ1n) is 13.6. The highest BCUT2D eigenvalue weighted by Gasteiger charge is 2.51. The average Bonchev–Trinajstić information content (AvgIpc) is 3.64. The summed E-state index contributed by atoms with van der Waals surface area (Å²) in [5.74, 6) is -0.769. The summed E-state index contributed by atoms with van der Waals surface area (Å²) in [6.07, 6.45) is -6.22. The lowest BCUT2D eigenvalue weighted by atomic mass is 10.1. The number of fused-ring (bicyclic) bond motifs is 1. The van der Waals surface area contributed by atoms with Gasteiger partial charge in [0.15, 0.2) is 23.8 Å². The molecule has 0 bridgehead atoms. The zero-order valence-corrected chi connectivity index (χ0v) is 26.8. The molecule has 5 heterocycles. The van der Waals surface area contributed by atoms with Gasteiger partial charge in [-0.1, -0.05) is 0 Å². The number of rotatable bonds is 13. The normalized spacial score (nSPS) is 33.4. The van der Waals surface area contributed by atoms with Gasteiger partial charge in [-0.25, -0.2) is 28.6 Å². The van der Waals surface area contributed by atoms with Crippen LogP contribution < -0.4 is 16.4 Å². The van der Waals surface area contributed by atoms with Crippen LogP contribution in [0.25, 0.3) is 11.2 Å². The number of anilines is 1. The van der Waals surface area contributed by atoms with Gasteiger partial charge in [-0.15, -0.1) is 0 Å². The molecule has 27 heteroatoms. The van der Waals surface area contributed by atoms with Crippen molar-refractivity contribution < 1.29 is 85.6 Å². The van der Waals surface area contributed by atoms with Gasteiger partial charge < -0.3 is 55.8 Å². The number of hydrogen-bond donors (Lipinski definition) is 10. The number of ether oxygens (including phenoxy) is 2. The number of quaternary nitrogens is 1. The molecule has 48 heavy (non-hydrogen) atoms. The van der Waals surface area contributed by atoms with Crippen LogP contribution in [0.4, 0.5) is 5.82 Å². The van der Waals surface area contributed by atoms with Crippen molar-refractivity contribution >= 4 is 46.4 Å². The van der Waals surface area contributed by atoms with Crippen LogP contribution in [0.1, 0.15) is 6.23 Å². The number of phosphoric acid groups is 3. The number of hydrogen-bond acceptors (Lipinski definition) is 17. The number of nitrogens with one attached hydrogen (secondary N) is 1. The molecule has 266 valence electrons. The van der Waals surface area contributed by atoms with Crippen molar-refractivity contribution in [2.45, 2.75) is 49.1 Å². The molecule has 0 radical (unpaired) electrons. The van der Waals surface area contributed by atoms with Crippen molar-refractivity contribution in [2.75, 3.05) is 25.5 Å². The standard InChI is InChI=1S/C21H30N7O17P3/c22-17-12-19(25-7-24-17)28(8-26-12)21-16(44-46(33,34)35)14(30)11(43-21)6-41-48(38,39)45-47(36,37)40-5-10-13(29)15(31)20(42-10)27-3-1-2-9(4-27)18(23)32/h1-3,7-8,10-11,13-16,20-21,29-31H,4-6H2,(H2,23,32)(H,36,37)(H,38,39)(H2,22,24,25)(H2,33,34,35)/p+1. The number of allylic oxidation sites excluding steroid dienone is 2. The molecule has 12 N–H and O–H groups in total. The van der Waals surface area contributed by atoms with Gasteiger partial charge in [0.2, 0.25) is 12.1 Å². The van der Waals surface area contributed by atoms with Crippen LogP contribution in [0.3, 0.4) is 0 Å². The third-order valence-electron chi connectivity index (χ3n) is 7.29. The number of phosphoric ester groups is 3. The van der Waals surface area contributed by atoms with Crippen LogP contribution in [-0.4, -0.2) is 123 Å². The van der Waals surface area contributed by atoms with Gasteiger partial charge in [0, 0.05) is 0 Å². The maximum atomic E-state index is 12.6. The highest BCUT2D eigenvalue weighted by molar-refractivity contribution is 7.61. The monoisotopic (exact) mass is 746 g/mol. The molecule has 3 aliphatic heterocycles. The molecule has 2 saturated heterocycles. The van der Waals surface area contributed by atoms with Crippen LogP contribution in [0, 0.1) is 0 Å². The Labute approximate surface area is 268 Å². The topological polar surface area (TPSA) is 365 Å². The maximum absolute atomic E-state index is 12.6. The number of nitrogens with zero attached hydrogens (tertiary/aromatic N) is 4. The summed E-state index contributed by atoms with van der Waals surface area (Å²) in [6.45, 7) is -2.00. The number of aliphatic hydroxyl groups excluding tert-OH is 3. The minimum absolute atomic E-state index is 0.00522. The third kappa shape index (κ3) is 8.24. The largest absolute Gasteiger partial charge is 0.481 e. The quantitative estimate of drug-likeness (QED) is 0.0866. The fourth-order valence-electron chi connectivity index (χ4n) is 5.10. The Morgan fingerprint density at radius 2 is 1.62 bits per heavy atom. The Hall–Kier alpha value is -2.57. The number of nitrogen functional groups attached to an aromatic ring is 1. The molecule has 3 aliphatic rings. The Morgan fingerprint density at radius 3 is 2.25 bits per heavy atom. The van der Waals surface area contributed by atoms with E-state index in [0.29, 0.717) is 4.90 Å². The van der Waals surface area contributed by atoms with E-state index in [0.717, 1.165) is 17.2 Å². The first-order chi connectivity index (χ1) is 22.4. The number of aromatic nitrogens is 4. The molecule has 1 amide bonds. The highest BCUT2D eigenvalue weighted by atomic mass is 31.3. The van der Waals surface area contributed by atoms with E-state index in [2.05, 4.69) is 19.3 Å².